The van der Waals surface area contributed by atoms with Crippen LogP contribution in [0.3, 0.4) is 0 Å². The summed E-state index contributed by atoms with van der Waals surface area (Å²) in [4.78, 5) is 40.2. The van der Waals surface area contributed by atoms with Crippen LogP contribution in [0.15, 0.2) is 54.7 Å². The van der Waals surface area contributed by atoms with Gasteiger partial charge in [-0.25, -0.2) is 0 Å². The Labute approximate surface area is 167 Å². The number of rotatable bonds is 3. The highest BCUT2D eigenvalue weighted by molar-refractivity contribution is 6.45. The fourth-order valence-electron chi connectivity index (χ4n) is 3.62. The highest BCUT2D eigenvalue weighted by Gasteiger charge is 2.28. The fraction of sp³-hybridized carbons (Fsp3) is 0.227. The summed E-state index contributed by atoms with van der Waals surface area (Å²) in [6, 6.07) is 13.7. The second kappa shape index (κ2) is 7.60. The Bertz CT molecular complexity index is 1060. The van der Waals surface area contributed by atoms with E-state index in [1.807, 2.05) is 0 Å². The molecule has 1 aromatic heterocycles. The average Bonchev–Trinajstić information content (AvgIpc) is 3.13. The molecular weight excluding hydrogens is 376 g/mol. The summed E-state index contributed by atoms with van der Waals surface area (Å²) in [6.45, 7) is 1.21. The van der Waals surface area contributed by atoms with Crippen molar-refractivity contribution in [1.82, 2.24) is 9.47 Å². The number of likely N-dealkylation sites (tertiary alicyclic amines) is 1. The van der Waals surface area contributed by atoms with E-state index < -0.39 is 11.7 Å². The molecular formula is C22H19ClN2O3. The highest BCUT2D eigenvalue weighted by Crippen LogP contribution is 2.24. The lowest BCUT2D eigenvalue weighted by atomic mass is 10.1. The van der Waals surface area contributed by atoms with Gasteiger partial charge in [0.05, 0.1) is 11.1 Å². The van der Waals surface area contributed by atoms with Gasteiger partial charge in [-0.3, -0.25) is 19.0 Å². The first kappa shape index (κ1) is 18.4. The molecule has 6 heteroatoms. The molecule has 0 saturated carbocycles. The maximum absolute atomic E-state index is 13.0. The number of para-hydroxylation sites is 1. The van der Waals surface area contributed by atoms with Crippen LogP contribution in [-0.2, 0) is 4.79 Å². The second-order valence-corrected chi connectivity index (χ2v) is 7.36. The number of carbonyl (C=O) groups is 3. The summed E-state index contributed by atoms with van der Waals surface area (Å²) in [6.07, 6.45) is 4.38. The van der Waals surface area contributed by atoms with Crippen molar-refractivity contribution in [2.24, 2.45) is 0 Å². The molecule has 0 unspecified atom stereocenters. The third kappa shape index (κ3) is 3.34. The molecule has 1 aliphatic heterocycles. The molecule has 0 N–H and O–H groups in total. The molecule has 142 valence electrons. The van der Waals surface area contributed by atoms with Crippen molar-refractivity contribution in [2.45, 2.75) is 19.3 Å². The first-order chi connectivity index (χ1) is 13.6. The Morgan fingerprint density at radius 2 is 1.54 bits per heavy atom. The second-order valence-electron chi connectivity index (χ2n) is 6.92. The molecule has 28 heavy (non-hydrogen) atoms. The number of halogens is 1. The van der Waals surface area contributed by atoms with E-state index in [4.69, 9.17) is 11.6 Å². The Morgan fingerprint density at radius 1 is 0.857 bits per heavy atom. The molecule has 0 atom stereocenters. The Morgan fingerprint density at radius 3 is 2.25 bits per heavy atom. The van der Waals surface area contributed by atoms with Gasteiger partial charge in [0.2, 0.25) is 0 Å². The molecule has 1 amide bonds. The van der Waals surface area contributed by atoms with Gasteiger partial charge in [-0.2, -0.15) is 0 Å². The van der Waals surface area contributed by atoms with Crippen molar-refractivity contribution in [3.8, 4) is 0 Å². The lowest BCUT2D eigenvalue weighted by molar-refractivity contribution is -0.127. The molecule has 0 aliphatic carbocycles. The molecule has 2 heterocycles. The Kier molecular flexibility index (Phi) is 5.01. The summed E-state index contributed by atoms with van der Waals surface area (Å²) >= 11 is 5.91. The summed E-state index contributed by atoms with van der Waals surface area (Å²) < 4.78 is 1.43. The van der Waals surface area contributed by atoms with Gasteiger partial charge in [0.15, 0.2) is 0 Å². The lowest BCUT2D eigenvalue weighted by Crippen LogP contribution is -2.40. The minimum Gasteiger partial charge on any atom is -0.336 e. The number of hydrogen-bond donors (Lipinski definition) is 0. The largest absolute Gasteiger partial charge is 0.336 e. The van der Waals surface area contributed by atoms with Gasteiger partial charge in [-0.1, -0.05) is 29.8 Å². The van der Waals surface area contributed by atoms with Crippen LogP contribution in [0.4, 0.5) is 0 Å². The monoisotopic (exact) mass is 394 g/mol. The number of benzene rings is 2. The highest BCUT2D eigenvalue weighted by atomic mass is 35.5. The number of nitrogens with zero attached hydrogens (tertiary/aromatic N) is 2. The summed E-state index contributed by atoms with van der Waals surface area (Å²) in [7, 11) is 0. The zero-order valence-corrected chi connectivity index (χ0v) is 16.0. The fourth-order valence-corrected chi connectivity index (χ4v) is 3.74. The van der Waals surface area contributed by atoms with E-state index in [2.05, 4.69) is 0 Å². The van der Waals surface area contributed by atoms with Crippen LogP contribution in [0.1, 0.15) is 40.0 Å². The van der Waals surface area contributed by atoms with Crippen LogP contribution in [0.2, 0.25) is 5.02 Å². The van der Waals surface area contributed by atoms with E-state index >= 15 is 0 Å². The number of hydrogen-bond acceptors (Lipinski definition) is 3. The van der Waals surface area contributed by atoms with E-state index in [1.54, 1.807) is 53.4 Å². The van der Waals surface area contributed by atoms with Crippen LogP contribution >= 0.6 is 11.6 Å². The molecule has 3 aromatic rings. The van der Waals surface area contributed by atoms with Crippen molar-refractivity contribution < 1.29 is 14.4 Å². The Hall–Kier alpha value is -2.92. The minimum absolute atomic E-state index is 0.258. The summed E-state index contributed by atoms with van der Waals surface area (Å²) in [5.74, 6) is -1.35. The molecule has 0 spiro atoms. The molecule has 4 rings (SSSR count). The van der Waals surface area contributed by atoms with Gasteiger partial charge in [0.25, 0.3) is 17.6 Å². The van der Waals surface area contributed by atoms with Crippen LogP contribution in [0.5, 0.6) is 0 Å². The van der Waals surface area contributed by atoms with Gasteiger partial charge in [-0.05, 0) is 49.6 Å². The van der Waals surface area contributed by atoms with Crippen molar-refractivity contribution in [3.63, 3.8) is 0 Å². The van der Waals surface area contributed by atoms with E-state index in [-0.39, 0.29) is 11.5 Å². The predicted octanol–water partition coefficient (Wildman–Crippen LogP) is 4.18. The zero-order valence-electron chi connectivity index (χ0n) is 15.2. The molecule has 5 nitrogen and oxygen atoms in total. The van der Waals surface area contributed by atoms with Crippen LogP contribution < -0.4 is 0 Å². The van der Waals surface area contributed by atoms with Gasteiger partial charge in [0, 0.05) is 35.3 Å². The topological polar surface area (TPSA) is 59.4 Å². The van der Waals surface area contributed by atoms with E-state index in [9.17, 15) is 14.4 Å². The molecule has 2 aromatic carbocycles. The molecule has 1 fully saturated rings. The lowest BCUT2D eigenvalue weighted by Gasteiger charge is -2.25. The Balaban J connectivity index is 1.74. The number of amides is 1. The van der Waals surface area contributed by atoms with Gasteiger partial charge in [0.1, 0.15) is 0 Å². The van der Waals surface area contributed by atoms with E-state index in [1.165, 1.54) is 10.8 Å². The van der Waals surface area contributed by atoms with Gasteiger partial charge < -0.3 is 4.90 Å². The van der Waals surface area contributed by atoms with Gasteiger partial charge >= 0.3 is 0 Å². The van der Waals surface area contributed by atoms with E-state index in [0.29, 0.717) is 34.6 Å². The van der Waals surface area contributed by atoms with Crippen molar-refractivity contribution >= 4 is 40.1 Å². The number of carbonyl (C=O) groups excluding carboxylic acids is 3. The molecule has 1 aliphatic rings. The molecule has 0 radical (unpaired) electrons. The van der Waals surface area contributed by atoms with Crippen LogP contribution in [0.25, 0.3) is 10.9 Å². The smallest absolute Gasteiger partial charge is 0.295 e. The number of ketones is 1. The maximum atomic E-state index is 13.0. The zero-order chi connectivity index (χ0) is 19.7. The third-order valence-corrected chi connectivity index (χ3v) is 5.36. The molecule has 0 bridgehead atoms. The van der Waals surface area contributed by atoms with Crippen LogP contribution in [-0.4, -0.2) is 40.2 Å². The molecule has 1 saturated heterocycles. The summed E-state index contributed by atoms with van der Waals surface area (Å²) in [5.41, 5.74) is 1.30. The van der Waals surface area contributed by atoms with Crippen molar-refractivity contribution in [1.29, 1.82) is 0 Å². The first-order valence-corrected chi connectivity index (χ1v) is 9.68. The average molecular weight is 395 g/mol. The normalized spacial score (nSPS) is 14.2. The van der Waals surface area contributed by atoms with Gasteiger partial charge in [-0.15, -0.1) is 0 Å². The van der Waals surface area contributed by atoms with Crippen LogP contribution in [0, 0.1) is 0 Å². The van der Waals surface area contributed by atoms with Crippen molar-refractivity contribution in [3.05, 3.63) is 70.9 Å². The summed E-state index contributed by atoms with van der Waals surface area (Å²) in [5, 5.41) is 1.14. The van der Waals surface area contributed by atoms with Crippen molar-refractivity contribution in [2.75, 3.05) is 13.1 Å². The number of piperidine rings is 1. The van der Waals surface area contributed by atoms with E-state index in [0.717, 1.165) is 19.3 Å². The minimum atomic E-state index is -0.569. The quantitative estimate of drug-likeness (QED) is 0.494. The standard InChI is InChI=1S/C22H19ClN2O3/c23-16-10-8-15(9-11-16)21(27)25-14-18(17-6-2-3-7-19(17)25)20(26)22(28)24-12-4-1-5-13-24/h2-3,6-11,14H,1,4-5,12-13H2. The maximum Gasteiger partial charge on any atom is 0.295 e. The first-order valence-electron chi connectivity index (χ1n) is 9.30. The number of aromatic nitrogens is 1. The SMILES string of the molecule is O=C(C(=O)N1CCCCC1)c1cn(C(=O)c2ccc(Cl)cc2)c2ccccc12. The predicted molar refractivity (Wildman–Crippen MR) is 108 cm³/mol. The number of fused-ring (bicyclic) bond motifs is 1. The number of Topliss-reactive ketones (excluding diaryl/α,β-unsaturated/α-hetero) is 1. The third-order valence-electron chi connectivity index (χ3n) is 5.10.